The molecule has 1 saturated heterocycles. The first-order valence-corrected chi connectivity index (χ1v) is 8.38. The SMILES string of the molecule is COC(=O)COc1cccc(NC(=O)CC(C)C2CCCNC2)c1. The van der Waals surface area contributed by atoms with Crippen LogP contribution in [0.25, 0.3) is 0 Å². The van der Waals surface area contributed by atoms with Gasteiger partial charge in [-0.2, -0.15) is 0 Å². The van der Waals surface area contributed by atoms with E-state index in [9.17, 15) is 9.59 Å². The number of rotatable bonds is 7. The van der Waals surface area contributed by atoms with Gasteiger partial charge in [0.25, 0.3) is 0 Å². The smallest absolute Gasteiger partial charge is 0.343 e. The monoisotopic (exact) mass is 334 g/mol. The molecule has 0 saturated carbocycles. The van der Waals surface area contributed by atoms with Crippen LogP contribution < -0.4 is 15.4 Å². The van der Waals surface area contributed by atoms with Crippen LogP contribution >= 0.6 is 0 Å². The first-order valence-electron chi connectivity index (χ1n) is 8.38. The summed E-state index contributed by atoms with van der Waals surface area (Å²) in [5.74, 6) is 0.969. The first kappa shape index (κ1) is 18.3. The Kier molecular flexibility index (Phi) is 7.06. The Hall–Kier alpha value is -2.08. The Bertz CT molecular complexity index is 556. The molecule has 6 nitrogen and oxygen atoms in total. The Labute approximate surface area is 142 Å². The normalized spacial score (nSPS) is 18.5. The van der Waals surface area contributed by atoms with E-state index in [0.717, 1.165) is 13.1 Å². The van der Waals surface area contributed by atoms with E-state index in [2.05, 4.69) is 22.3 Å². The molecule has 2 rings (SSSR count). The Balaban J connectivity index is 1.83. The van der Waals surface area contributed by atoms with E-state index in [1.165, 1.54) is 20.0 Å². The Morgan fingerprint density at radius 3 is 2.96 bits per heavy atom. The fourth-order valence-corrected chi connectivity index (χ4v) is 2.90. The molecule has 24 heavy (non-hydrogen) atoms. The van der Waals surface area contributed by atoms with E-state index in [1.807, 2.05) is 0 Å². The zero-order chi connectivity index (χ0) is 17.4. The van der Waals surface area contributed by atoms with Gasteiger partial charge in [-0.3, -0.25) is 4.79 Å². The number of hydrogen-bond acceptors (Lipinski definition) is 5. The van der Waals surface area contributed by atoms with E-state index in [-0.39, 0.29) is 12.5 Å². The molecular weight excluding hydrogens is 308 g/mol. The standard InChI is InChI=1S/C18H26N2O4/c1-13(14-5-4-8-19-11-14)9-17(21)20-15-6-3-7-16(10-15)24-12-18(22)23-2/h3,6-7,10,13-14,19H,4-5,8-9,11-12H2,1-2H3,(H,20,21). The summed E-state index contributed by atoms with van der Waals surface area (Å²) in [6.07, 6.45) is 2.86. The van der Waals surface area contributed by atoms with Gasteiger partial charge in [-0.25, -0.2) is 4.79 Å². The fourth-order valence-electron chi connectivity index (χ4n) is 2.90. The van der Waals surface area contributed by atoms with Gasteiger partial charge in [-0.1, -0.05) is 13.0 Å². The van der Waals surface area contributed by atoms with Gasteiger partial charge in [0.1, 0.15) is 5.75 Å². The molecule has 0 aromatic heterocycles. The van der Waals surface area contributed by atoms with Crippen LogP contribution in [0.5, 0.6) is 5.75 Å². The third-order valence-electron chi connectivity index (χ3n) is 4.35. The summed E-state index contributed by atoms with van der Waals surface area (Å²) in [4.78, 5) is 23.3. The van der Waals surface area contributed by atoms with E-state index in [1.54, 1.807) is 24.3 Å². The van der Waals surface area contributed by atoms with Crippen molar-refractivity contribution in [3.63, 3.8) is 0 Å². The number of methoxy groups -OCH3 is 1. The van der Waals surface area contributed by atoms with Gasteiger partial charge in [0.05, 0.1) is 7.11 Å². The lowest BCUT2D eigenvalue weighted by molar-refractivity contribution is -0.142. The van der Waals surface area contributed by atoms with Gasteiger partial charge in [0.15, 0.2) is 6.61 Å². The van der Waals surface area contributed by atoms with E-state index < -0.39 is 5.97 Å². The summed E-state index contributed by atoms with van der Waals surface area (Å²) in [6, 6.07) is 7.01. The van der Waals surface area contributed by atoms with Gasteiger partial charge < -0.3 is 20.1 Å². The van der Waals surface area contributed by atoms with Crippen molar-refractivity contribution in [3.8, 4) is 5.75 Å². The van der Waals surface area contributed by atoms with Crippen molar-refractivity contribution in [3.05, 3.63) is 24.3 Å². The minimum Gasteiger partial charge on any atom is -0.482 e. The van der Waals surface area contributed by atoms with Crippen molar-refractivity contribution in [2.75, 3.05) is 32.1 Å². The van der Waals surface area contributed by atoms with Crippen molar-refractivity contribution < 1.29 is 19.1 Å². The highest BCUT2D eigenvalue weighted by Gasteiger charge is 2.22. The third kappa shape index (κ3) is 5.85. The summed E-state index contributed by atoms with van der Waals surface area (Å²) in [7, 11) is 1.31. The maximum atomic E-state index is 12.2. The van der Waals surface area contributed by atoms with Crippen LogP contribution in [-0.4, -0.2) is 38.7 Å². The zero-order valence-electron chi connectivity index (χ0n) is 14.3. The van der Waals surface area contributed by atoms with Crippen molar-refractivity contribution in [1.29, 1.82) is 0 Å². The Morgan fingerprint density at radius 2 is 2.25 bits per heavy atom. The van der Waals surface area contributed by atoms with Crippen molar-refractivity contribution in [2.45, 2.75) is 26.2 Å². The largest absolute Gasteiger partial charge is 0.482 e. The Morgan fingerprint density at radius 1 is 1.42 bits per heavy atom. The highest BCUT2D eigenvalue weighted by atomic mass is 16.6. The summed E-state index contributed by atoms with van der Waals surface area (Å²) in [5.41, 5.74) is 0.663. The predicted molar refractivity (Wildman–Crippen MR) is 92.0 cm³/mol. The molecule has 0 bridgehead atoms. The molecule has 1 fully saturated rings. The average Bonchev–Trinajstić information content (AvgIpc) is 2.60. The van der Waals surface area contributed by atoms with Gasteiger partial charge >= 0.3 is 5.97 Å². The number of benzene rings is 1. The molecule has 1 aromatic carbocycles. The molecule has 1 aliphatic heterocycles. The first-order chi connectivity index (χ1) is 11.6. The minimum atomic E-state index is -0.445. The molecule has 6 heteroatoms. The quantitative estimate of drug-likeness (QED) is 0.748. The molecule has 0 radical (unpaired) electrons. The molecule has 1 heterocycles. The second kappa shape index (κ2) is 9.27. The van der Waals surface area contributed by atoms with Crippen LogP contribution in [0.15, 0.2) is 24.3 Å². The summed E-state index contributed by atoms with van der Waals surface area (Å²) >= 11 is 0. The van der Waals surface area contributed by atoms with Crippen LogP contribution in [0.1, 0.15) is 26.2 Å². The molecule has 2 unspecified atom stereocenters. The van der Waals surface area contributed by atoms with Gasteiger partial charge in [0.2, 0.25) is 5.91 Å². The van der Waals surface area contributed by atoms with Gasteiger partial charge in [0, 0.05) is 18.2 Å². The lowest BCUT2D eigenvalue weighted by Gasteiger charge is -2.28. The second-order valence-electron chi connectivity index (χ2n) is 6.23. The van der Waals surface area contributed by atoms with Crippen molar-refractivity contribution in [1.82, 2.24) is 5.32 Å². The van der Waals surface area contributed by atoms with Crippen LogP contribution in [0.3, 0.4) is 0 Å². The molecule has 0 aliphatic carbocycles. The topological polar surface area (TPSA) is 76.7 Å². The van der Waals surface area contributed by atoms with Crippen LogP contribution in [-0.2, 0) is 14.3 Å². The maximum absolute atomic E-state index is 12.2. The molecule has 0 spiro atoms. The maximum Gasteiger partial charge on any atom is 0.343 e. The minimum absolute atomic E-state index is 0.00167. The highest BCUT2D eigenvalue weighted by molar-refractivity contribution is 5.91. The fraction of sp³-hybridized carbons (Fsp3) is 0.556. The number of esters is 1. The number of hydrogen-bond donors (Lipinski definition) is 2. The number of amides is 1. The van der Waals surface area contributed by atoms with Gasteiger partial charge in [-0.05, 0) is 49.9 Å². The summed E-state index contributed by atoms with van der Waals surface area (Å²) in [6.45, 7) is 4.05. The molecular formula is C18H26N2O4. The molecule has 1 aromatic rings. The average molecular weight is 334 g/mol. The van der Waals surface area contributed by atoms with Crippen molar-refractivity contribution in [2.24, 2.45) is 11.8 Å². The van der Waals surface area contributed by atoms with Crippen LogP contribution in [0.2, 0.25) is 0 Å². The second-order valence-corrected chi connectivity index (χ2v) is 6.23. The molecule has 2 atom stereocenters. The van der Waals surface area contributed by atoms with Crippen LogP contribution in [0.4, 0.5) is 5.69 Å². The van der Waals surface area contributed by atoms with E-state index in [4.69, 9.17) is 4.74 Å². The lowest BCUT2D eigenvalue weighted by atomic mass is 9.85. The van der Waals surface area contributed by atoms with E-state index >= 15 is 0 Å². The van der Waals surface area contributed by atoms with Crippen molar-refractivity contribution >= 4 is 17.6 Å². The third-order valence-corrected chi connectivity index (χ3v) is 4.35. The summed E-state index contributed by atoms with van der Waals surface area (Å²) in [5, 5.41) is 6.29. The summed E-state index contributed by atoms with van der Waals surface area (Å²) < 4.78 is 9.85. The molecule has 2 N–H and O–H groups in total. The molecule has 132 valence electrons. The van der Waals surface area contributed by atoms with E-state index in [0.29, 0.717) is 29.7 Å². The number of anilines is 1. The lowest BCUT2D eigenvalue weighted by Crippen LogP contribution is -2.34. The number of nitrogens with one attached hydrogen (secondary N) is 2. The number of carbonyl (C=O) groups excluding carboxylic acids is 2. The molecule has 1 aliphatic rings. The number of ether oxygens (including phenoxy) is 2. The number of carbonyl (C=O) groups is 2. The predicted octanol–water partition coefficient (Wildman–Crippen LogP) is 2.20. The molecule has 1 amide bonds. The highest BCUT2D eigenvalue weighted by Crippen LogP contribution is 2.23. The van der Waals surface area contributed by atoms with Crippen LogP contribution in [0, 0.1) is 11.8 Å². The number of piperidine rings is 1. The van der Waals surface area contributed by atoms with Gasteiger partial charge in [-0.15, -0.1) is 0 Å². The zero-order valence-corrected chi connectivity index (χ0v) is 14.3.